The summed E-state index contributed by atoms with van der Waals surface area (Å²) in [5.41, 5.74) is 2.71. The van der Waals surface area contributed by atoms with Crippen LogP contribution in [0, 0.1) is 0 Å². The maximum Gasteiger partial charge on any atom is 0.323 e. The number of amides is 2. The maximum absolute atomic E-state index is 12.5. The van der Waals surface area contributed by atoms with Crippen molar-refractivity contribution in [3.05, 3.63) is 71.5 Å². The third-order valence-electron chi connectivity index (χ3n) is 5.67. The second-order valence-electron chi connectivity index (χ2n) is 8.78. The Bertz CT molecular complexity index is 1430. The van der Waals surface area contributed by atoms with Crippen LogP contribution in [0.3, 0.4) is 0 Å². The molecule has 0 aliphatic heterocycles. The zero-order chi connectivity index (χ0) is 27.8. The van der Waals surface area contributed by atoms with Gasteiger partial charge in [0.1, 0.15) is 12.1 Å². The lowest BCUT2D eigenvalue weighted by atomic mass is 10.2. The van der Waals surface area contributed by atoms with Crippen LogP contribution in [0.25, 0.3) is 10.9 Å². The number of carbonyl (C=O) groups excluding carboxylic acids is 1. The molecule has 0 spiro atoms. The number of nitrogens with one attached hydrogen (secondary N) is 2. The van der Waals surface area contributed by atoms with Crippen molar-refractivity contribution in [3.8, 4) is 23.1 Å². The number of anilines is 2. The molecule has 2 N–H and O–H groups in total. The Morgan fingerprint density at radius 3 is 2.38 bits per heavy atom. The van der Waals surface area contributed by atoms with Gasteiger partial charge < -0.3 is 34.5 Å². The molecule has 39 heavy (non-hydrogen) atoms. The van der Waals surface area contributed by atoms with Gasteiger partial charge >= 0.3 is 6.03 Å². The first kappa shape index (κ1) is 27.9. The fraction of sp³-hybridized carbons (Fsp3) is 0.250. The first-order valence-corrected chi connectivity index (χ1v) is 12.5. The molecule has 0 saturated carbocycles. The van der Waals surface area contributed by atoms with Crippen LogP contribution in [-0.4, -0.2) is 62.4 Å². The Balaban J connectivity index is 1.37. The molecule has 0 radical (unpaired) electrons. The predicted molar refractivity (Wildman–Crippen MR) is 151 cm³/mol. The van der Waals surface area contributed by atoms with E-state index >= 15 is 0 Å². The SMILES string of the molecule is COc1cc2ncnc(Oc3ccc(NC(=O)Nc4ccc(COCCN(C)C)cc4)c(Cl)c3)c2cc1OC. The van der Waals surface area contributed by atoms with Crippen molar-refractivity contribution < 1.29 is 23.7 Å². The molecule has 10 nitrogen and oxygen atoms in total. The molecule has 0 saturated heterocycles. The number of likely N-dealkylation sites (N-methyl/N-ethyl adjacent to an activating group) is 1. The lowest BCUT2D eigenvalue weighted by molar-refractivity contribution is 0.105. The quantitative estimate of drug-likeness (QED) is 0.225. The van der Waals surface area contributed by atoms with E-state index in [9.17, 15) is 4.79 Å². The van der Waals surface area contributed by atoms with E-state index in [0.29, 0.717) is 63.6 Å². The van der Waals surface area contributed by atoms with E-state index in [1.54, 1.807) is 44.6 Å². The van der Waals surface area contributed by atoms with E-state index in [4.69, 9.17) is 30.5 Å². The number of hydrogen-bond acceptors (Lipinski definition) is 8. The number of rotatable bonds is 11. The molecule has 4 aromatic rings. The van der Waals surface area contributed by atoms with Gasteiger partial charge in [-0.3, -0.25) is 0 Å². The molecule has 0 aliphatic rings. The normalized spacial score (nSPS) is 10.9. The fourth-order valence-electron chi connectivity index (χ4n) is 3.62. The molecule has 1 heterocycles. The molecule has 0 fully saturated rings. The highest BCUT2D eigenvalue weighted by molar-refractivity contribution is 6.34. The number of nitrogens with zero attached hydrogens (tertiary/aromatic N) is 3. The van der Waals surface area contributed by atoms with Crippen LogP contribution in [0.4, 0.5) is 16.2 Å². The van der Waals surface area contributed by atoms with Gasteiger partial charge in [-0.05, 0) is 50.0 Å². The predicted octanol–water partition coefficient (Wildman–Crippen LogP) is 5.81. The second-order valence-corrected chi connectivity index (χ2v) is 9.19. The zero-order valence-corrected chi connectivity index (χ0v) is 22.9. The number of methoxy groups -OCH3 is 2. The number of hydrogen-bond donors (Lipinski definition) is 2. The largest absolute Gasteiger partial charge is 0.493 e. The molecule has 204 valence electrons. The highest BCUT2D eigenvalue weighted by Gasteiger charge is 2.14. The Kier molecular flexibility index (Phi) is 9.37. The minimum atomic E-state index is -0.427. The van der Waals surface area contributed by atoms with Gasteiger partial charge in [0.25, 0.3) is 0 Å². The standard InChI is InChI=1S/C28H30ClN5O5/c1-34(2)11-12-38-16-18-5-7-19(8-6-18)32-28(35)33-23-10-9-20(13-22(23)29)39-27-21-14-25(36-3)26(37-4)15-24(21)30-17-31-27/h5-10,13-15,17H,11-12,16H2,1-4H3,(H2,32,33,35). The molecular weight excluding hydrogens is 522 g/mol. The summed E-state index contributed by atoms with van der Waals surface area (Å²) in [5.74, 6) is 1.83. The third kappa shape index (κ3) is 7.47. The maximum atomic E-state index is 12.5. The van der Waals surface area contributed by atoms with E-state index in [1.165, 1.54) is 6.33 Å². The molecule has 0 aliphatic carbocycles. The molecule has 4 rings (SSSR count). The summed E-state index contributed by atoms with van der Waals surface area (Å²) < 4.78 is 22.4. The van der Waals surface area contributed by atoms with Crippen LogP contribution in [0.5, 0.6) is 23.1 Å². The third-order valence-corrected chi connectivity index (χ3v) is 5.98. The average Bonchev–Trinajstić information content (AvgIpc) is 2.92. The second kappa shape index (κ2) is 13.1. The van der Waals surface area contributed by atoms with Crippen LogP contribution < -0.4 is 24.8 Å². The Morgan fingerprint density at radius 1 is 0.949 bits per heavy atom. The lowest BCUT2D eigenvalue weighted by Gasteiger charge is -2.13. The summed E-state index contributed by atoms with van der Waals surface area (Å²) in [6.07, 6.45) is 1.40. The van der Waals surface area contributed by atoms with Crippen molar-refractivity contribution in [1.82, 2.24) is 14.9 Å². The van der Waals surface area contributed by atoms with E-state index in [1.807, 2.05) is 38.4 Å². The van der Waals surface area contributed by atoms with Gasteiger partial charge in [-0.25, -0.2) is 14.8 Å². The van der Waals surface area contributed by atoms with Gasteiger partial charge in [0, 0.05) is 24.4 Å². The number of aromatic nitrogens is 2. The van der Waals surface area contributed by atoms with Crippen LogP contribution in [-0.2, 0) is 11.3 Å². The minimum absolute atomic E-state index is 0.297. The number of fused-ring (bicyclic) bond motifs is 1. The van der Waals surface area contributed by atoms with Crippen molar-refractivity contribution in [1.29, 1.82) is 0 Å². The number of benzene rings is 3. The summed E-state index contributed by atoms with van der Waals surface area (Å²) >= 11 is 6.44. The van der Waals surface area contributed by atoms with E-state index in [2.05, 4.69) is 25.5 Å². The molecular formula is C28H30ClN5O5. The summed E-state index contributed by atoms with van der Waals surface area (Å²) in [5, 5.41) is 6.48. The Morgan fingerprint density at radius 2 is 1.69 bits per heavy atom. The Hall–Kier alpha value is -4.12. The summed E-state index contributed by atoms with van der Waals surface area (Å²) in [4.78, 5) is 23.1. The first-order valence-electron chi connectivity index (χ1n) is 12.1. The molecule has 1 aromatic heterocycles. The van der Waals surface area contributed by atoms with E-state index in [-0.39, 0.29) is 0 Å². The fourth-order valence-corrected chi connectivity index (χ4v) is 3.84. The van der Waals surface area contributed by atoms with Gasteiger partial charge in [0.15, 0.2) is 11.5 Å². The van der Waals surface area contributed by atoms with Crippen LogP contribution in [0.2, 0.25) is 5.02 Å². The molecule has 0 bridgehead atoms. The number of halogens is 1. The summed E-state index contributed by atoms with van der Waals surface area (Å²) in [6, 6.07) is 15.4. The highest BCUT2D eigenvalue weighted by atomic mass is 35.5. The van der Waals surface area contributed by atoms with Gasteiger partial charge in [0.2, 0.25) is 5.88 Å². The van der Waals surface area contributed by atoms with E-state index in [0.717, 1.165) is 12.1 Å². The van der Waals surface area contributed by atoms with E-state index < -0.39 is 6.03 Å². The molecule has 3 aromatic carbocycles. The van der Waals surface area contributed by atoms with Crippen LogP contribution in [0.1, 0.15) is 5.56 Å². The molecule has 0 unspecified atom stereocenters. The average molecular weight is 552 g/mol. The zero-order valence-electron chi connectivity index (χ0n) is 22.2. The highest BCUT2D eigenvalue weighted by Crippen LogP contribution is 2.36. The van der Waals surface area contributed by atoms with Gasteiger partial charge in [-0.2, -0.15) is 0 Å². The summed E-state index contributed by atoms with van der Waals surface area (Å²) in [7, 11) is 7.11. The molecule has 2 amide bonds. The minimum Gasteiger partial charge on any atom is -0.493 e. The van der Waals surface area contributed by atoms with Gasteiger partial charge in [-0.15, -0.1) is 0 Å². The topological polar surface area (TPSA) is 107 Å². The van der Waals surface area contributed by atoms with Crippen molar-refractivity contribution in [2.24, 2.45) is 0 Å². The monoisotopic (exact) mass is 551 g/mol. The van der Waals surface area contributed by atoms with Crippen molar-refractivity contribution in [3.63, 3.8) is 0 Å². The number of ether oxygens (including phenoxy) is 4. The number of urea groups is 1. The van der Waals surface area contributed by atoms with Crippen molar-refractivity contribution >= 4 is 39.9 Å². The van der Waals surface area contributed by atoms with Gasteiger partial charge in [-0.1, -0.05) is 23.7 Å². The lowest BCUT2D eigenvalue weighted by Crippen LogP contribution is -2.19. The van der Waals surface area contributed by atoms with Crippen LogP contribution >= 0.6 is 11.6 Å². The van der Waals surface area contributed by atoms with Gasteiger partial charge in [0.05, 0.1) is 49.0 Å². The van der Waals surface area contributed by atoms with Crippen molar-refractivity contribution in [2.45, 2.75) is 6.61 Å². The molecule has 11 heteroatoms. The Labute approximate surface area is 231 Å². The van der Waals surface area contributed by atoms with Crippen molar-refractivity contribution in [2.75, 3.05) is 52.1 Å². The summed E-state index contributed by atoms with van der Waals surface area (Å²) in [6.45, 7) is 2.02. The smallest absolute Gasteiger partial charge is 0.323 e. The van der Waals surface area contributed by atoms with Crippen LogP contribution in [0.15, 0.2) is 60.9 Å². The number of carbonyl (C=O) groups is 1. The first-order chi connectivity index (χ1) is 18.9. The molecule has 0 atom stereocenters.